The molecule has 1 heterocycles. The van der Waals surface area contributed by atoms with Crippen molar-refractivity contribution in [1.29, 1.82) is 0 Å². The molecule has 172 valence electrons. The molecular formula is C23H30IN5O3. The van der Waals surface area contributed by atoms with Gasteiger partial charge in [-0.3, -0.25) is 4.99 Å². The number of unbranched alkanes of at least 4 members (excludes halogenated alkanes) is 2. The summed E-state index contributed by atoms with van der Waals surface area (Å²) in [6.07, 6.45) is 3.62. The van der Waals surface area contributed by atoms with Gasteiger partial charge in [0.2, 0.25) is 11.7 Å². The fourth-order valence-corrected chi connectivity index (χ4v) is 3.08. The van der Waals surface area contributed by atoms with Crippen LogP contribution >= 0.6 is 24.0 Å². The van der Waals surface area contributed by atoms with Crippen molar-refractivity contribution >= 4 is 35.6 Å². The summed E-state index contributed by atoms with van der Waals surface area (Å²) in [6.45, 7) is 1.18. The third-order valence-electron chi connectivity index (χ3n) is 4.73. The molecule has 8 nitrogen and oxygen atoms in total. The minimum atomic E-state index is 0. The fraction of sp³-hybridized carbons (Fsp3) is 0.348. The van der Waals surface area contributed by atoms with Gasteiger partial charge in [0, 0.05) is 36.9 Å². The highest BCUT2D eigenvalue weighted by Crippen LogP contribution is 2.20. The second kappa shape index (κ2) is 13.7. The van der Waals surface area contributed by atoms with Gasteiger partial charge in [0.15, 0.2) is 5.96 Å². The molecule has 0 atom stereocenters. The quantitative estimate of drug-likeness (QED) is 0.155. The first-order chi connectivity index (χ1) is 15.2. The van der Waals surface area contributed by atoms with Crippen LogP contribution in [0.1, 0.15) is 30.7 Å². The van der Waals surface area contributed by atoms with Crippen molar-refractivity contribution in [2.24, 2.45) is 10.7 Å². The van der Waals surface area contributed by atoms with E-state index in [1.165, 1.54) is 0 Å². The molecule has 0 saturated heterocycles. The van der Waals surface area contributed by atoms with E-state index in [-0.39, 0.29) is 24.0 Å². The normalized spacial score (nSPS) is 11.1. The number of aliphatic imine (C=N–C) groups is 1. The SMILES string of the molecule is COCc1ccccc1NC(N)=NCCCCCc1nc(-c2ccc(OC)cc2)no1.I. The zero-order chi connectivity index (χ0) is 21.9. The number of ether oxygens (including phenoxy) is 2. The van der Waals surface area contributed by atoms with Crippen LogP contribution in [0, 0.1) is 0 Å². The molecular weight excluding hydrogens is 521 g/mol. The summed E-state index contributed by atoms with van der Waals surface area (Å²) >= 11 is 0. The Labute approximate surface area is 205 Å². The van der Waals surface area contributed by atoms with E-state index in [2.05, 4.69) is 20.4 Å². The monoisotopic (exact) mass is 551 g/mol. The van der Waals surface area contributed by atoms with Gasteiger partial charge >= 0.3 is 0 Å². The van der Waals surface area contributed by atoms with E-state index in [1.54, 1.807) is 14.2 Å². The summed E-state index contributed by atoms with van der Waals surface area (Å²) in [5.74, 6) is 2.44. The first kappa shape index (κ1) is 25.6. The topological polar surface area (TPSA) is 108 Å². The van der Waals surface area contributed by atoms with Crippen LogP contribution < -0.4 is 15.8 Å². The lowest BCUT2D eigenvalue weighted by molar-refractivity contribution is 0.185. The number of halogens is 1. The number of para-hydroxylation sites is 1. The Kier molecular flexibility index (Phi) is 10.9. The number of nitrogens with one attached hydrogen (secondary N) is 1. The Morgan fingerprint density at radius 2 is 1.84 bits per heavy atom. The predicted octanol–water partition coefficient (Wildman–Crippen LogP) is 4.65. The van der Waals surface area contributed by atoms with Crippen LogP contribution in [0.15, 0.2) is 58.0 Å². The average molecular weight is 551 g/mol. The molecule has 0 unspecified atom stereocenters. The minimum absolute atomic E-state index is 0. The summed E-state index contributed by atoms with van der Waals surface area (Å²) in [5.41, 5.74) is 8.86. The maximum Gasteiger partial charge on any atom is 0.226 e. The van der Waals surface area contributed by atoms with Crippen molar-refractivity contribution in [1.82, 2.24) is 10.1 Å². The van der Waals surface area contributed by atoms with Gasteiger partial charge in [-0.2, -0.15) is 4.98 Å². The molecule has 0 bridgehead atoms. The summed E-state index contributed by atoms with van der Waals surface area (Å²) < 4.78 is 15.7. The highest BCUT2D eigenvalue weighted by atomic mass is 127. The molecule has 32 heavy (non-hydrogen) atoms. The van der Waals surface area contributed by atoms with Gasteiger partial charge in [0.05, 0.1) is 13.7 Å². The third kappa shape index (κ3) is 7.79. The molecule has 0 saturated carbocycles. The number of methoxy groups -OCH3 is 2. The number of nitrogens with two attached hydrogens (primary N) is 1. The van der Waals surface area contributed by atoms with Gasteiger partial charge in [-0.1, -0.05) is 29.8 Å². The molecule has 2 aromatic carbocycles. The van der Waals surface area contributed by atoms with E-state index in [1.807, 2.05) is 48.5 Å². The largest absolute Gasteiger partial charge is 0.497 e. The lowest BCUT2D eigenvalue weighted by Crippen LogP contribution is -2.23. The number of hydrogen-bond donors (Lipinski definition) is 2. The van der Waals surface area contributed by atoms with Gasteiger partial charge in [0.1, 0.15) is 5.75 Å². The summed E-state index contributed by atoms with van der Waals surface area (Å²) in [4.78, 5) is 8.87. The summed E-state index contributed by atoms with van der Waals surface area (Å²) in [5, 5.41) is 7.20. The van der Waals surface area contributed by atoms with E-state index in [0.717, 1.165) is 48.2 Å². The molecule has 0 amide bonds. The summed E-state index contributed by atoms with van der Waals surface area (Å²) in [7, 11) is 3.31. The van der Waals surface area contributed by atoms with E-state index in [0.29, 0.717) is 30.8 Å². The van der Waals surface area contributed by atoms with Gasteiger partial charge in [0.25, 0.3) is 0 Å². The number of guanidine groups is 1. The van der Waals surface area contributed by atoms with Crippen molar-refractivity contribution in [2.45, 2.75) is 32.3 Å². The second-order valence-electron chi connectivity index (χ2n) is 7.03. The molecule has 3 rings (SSSR count). The van der Waals surface area contributed by atoms with Gasteiger partial charge in [-0.05, 0) is 43.2 Å². The smallest absolute Gasteiger partial charge is 0.226 e. The minimum Gasteiger partial charge on any atom is -0.497 e. The zero-order valence-corrected chi connectivity index (χ0v) is 20.7. The van der Waals surface area contributed by atoms with Crippen LogP contribution in [0.2, 0.25) is 0 Å². The van der Waals surface area contributed by atoms with E-state index in [4.69, 9.17) is 19.7 Å². The van der Waals surface area contributed by atoms with Crippen molar-refractivity contribution < 1.29 is 14.0 Å². The Hall–Kier alpha value is -2.66. The Bertz CT molecular complexity index is 976. The first-order valence-corrected chi connectivity index (χ1v) is 10.3. The van der Waals surface area contributed by atoms with E-state index >= 15 is 0 Å². The number of benzene rings is 2. The Morgan fingerprint density at radius 3 is 2.59 bits per heavy atom. The second-order valence-corrected chi connectivity index (χ2v) is 7.03. The standard InChI is InChI=1S/C23H29N5O3.HI/c1-29-16-18-8-5-6-9-20(18)26-23(24)25-15-7-3-4-10-21-27-22(28-31-21)17-11-13-19(30-2)14-12-17;/h5-6,8-9,11-14H,3-4,7,10,15-16H2,1-2H3,(H3,24,25,26);1H. The average Bonchev–Trinajstić information content (AvgIpc) is 3.26. The van der Waals surface area contributed by atoms with Crippen molar-refractivity contribution in [3.63, 3.8) is 0 Å². The van der Waals surface area contributed by atoms with Crippen molar-refractivity contribution in [2.75, 3.05) is 26.1 Å². The number of anilines is 1. The van der Waals surface area contributed by atoms with Crippen LogP contribution in [0.5, 0.6) is 5.75 Å². The summed E-state index contributed by atoms with van der Waals surface area (Å²) in [6, 6.07) is 15.5. The molecule has 3 N–H and O–H groups in total. The van der Waals surface area contributed by atoms with Gasteiger partial charge < -0.3 is 25.0 Å². The number of aromatic nitrogens is 2. The predicted molar refractivity (Wildman–Crippen MR) is 137 cm³/mol. The Morgan fingerprint density at radius 1 is 1.06 bits per heavy atom. The van der Waals surface area contributed by atoms with Crippen LogP contribution in [0.3, 0.4) is 0 Å². The highest BCUT2D eigenvalue weighted by Gasteiger charge is 2.08. The number of hydrogen-bond acceptors (Lipinski definition) is 6. The first-order valence-electron chi connectivity index (χ1n) is 10.3. The van der Waals surface area contributed by atoms with Crippen molar-refractivity contribution in [3.8, 4) is 17.1 Å². The molecule has 1 aromatic heterocycles. The molecule has 0 radical (unpaired) electrons. The molecule has 3 aromatic rings. The fourth-order valence-electron chi connectivity index (χ4n) is 3.08. The van der Waals surface area contributed by atoms with E-state index < -0.39 is 0 Å². The maximum atomic E-state index is 6.01. The van der Waals surface area contributed by atoms with Crippen LogP contribution in [0.4, 0.5) is 5.69 Å². The van der Waals surface area contributed by atoms with Crippen molar-refractivity contribution in [3.05, 3.63) is 60.0 Å². The van der Waals surface area contributed by atoms with Gasteiger partial charge in [-0.15, -0.1) is 24.0 Å². The molecule has 0 aliphatic rings. The molecule has 9 heteroatoms. The van der Waals surface area contributed by atoms with Crippen LogP contribution in [-0.2, 0) is 17.8 Å². The van der Waals surface area contributed by atoms with E-state index in [9.17, 15) is 0 Å². The van der Waals surface area contributed by atoms with Crippen LogP contribution in [-0.4, -0.2) is 36.9 Å². The number of aryl methyl sites for hydroxylation is 1. The molecule has 0 aliphatic heterocycles. The molecule has 0 spiro atoms. The lowest BCUT2D eigenvalue weighted by atomic mass is 10.2. The van der Waals surface area contributed by atoms with Crippen LogP contribution in [0.25, 0.3) is 11.4 Å². The maximum absolute atomic E-state index is 6.01. The molecule has 0 fully saturated rings. The third-order valence-corrected chi connectivity index (χ3v) is 4.73. The zero-order valence-electron chi connectivity index (χ0n) is 18.4. The molecule has 0 aliphatic carbocycles. The lowest BCUT2D eigenvalue weighted by Gasteiger charge is -2.10. The van der Waals surface area contributed by atoms with Gasteiger partial charge in [-0.25, -0.2) is 0 Å². The Balaban J connectivity index is 0.00000363. The number of rotatable bonds is 11. The highest BCUT2D eigenvalue weighted by molar-refractivity contribution is 14.0. The number of nitrogens with zero attached hydrogens (tertiary/aromatic N) is 3.